The number of aliphatic hydroxyl groups excluding tert-OH is 1. The number of benzene rings is 2. The molecule has 0 bridgehead atoms. The molecule has 2 aromatic carbocycles. The van der Waals surface area contributed by atoms with E-state index in [1.165, 1.54) is 0 Å². The smallest absolute Gasteiger partial charge is 0.255 e. The van der Waals surface area contributed by atoms with Crippen molar-refractivity contribution in [2.75, 3.05) is 18.5 Å². The Labute approximate surface area is 122 Å². The number of hydrogen-bond acceptors (Lipinski definition) is 3. The molecule has 0 saturated heterocycles. The van der Waals surface area contributed by atoms with Gasteiger partial charge < -0.3 is 15.7 Å². The SMILES string of the molecule is O=C(Nc1ccccc1C(=O)NCCO)c1ccccc1. The van der Waals surface area contributed by atoms with Crippen LogP contribution in [0.1, 0.15) is 20.7 Å². The first kappa shape index (κ1) is 14.7. The van der Waals surface area contributed by atoms with Gasteiger partial charge in [-0.2, -0.15) is 0 Å². The molecule has 0 unspecified atom stereocenters. The minimum Gasteiger partial charge on any atom is -0.395 e. The number of para-hydroxylation sites is 1. The summed E-state index contributed by atoms with van der Waals surface area (Å²) in [4.78, 5) is 24.1. The predicted molar refractivity (Wildman–Crippen MR) is 80.3 cm³/mol. The lowest BCUT2D eigenvalue weighted by Gasteiger charge is -2.11. The number of carbonyl (C=O) groups is 2. The number of anilines is 1. The number of aliphatic hydroxyl groups is 1. The van der Waals surface area contributed by atoms with E-state index in [0.717, 1.165) is 0 Å². The van der Waals surface area contributed by atoms with Gasteiger partial charge in [0, 0.05) is 12.1 Å². The van der Waals surface area contributed by atoms with Gasteiger partial charge in [0.2, 0.25) is 0 Å². The summed E-state index contributed by atoms with van der Waals surface area (Å²) in [6.45, 7) is 0.0318. The van der Waals surface area contributed by atoms with Crippen molar-refractivity contribution in [3.8, 4) is 0 Å². The van der Waals surface area contributed by atoms with Crippen LogP contribution in [0.3, 0.4) is 0 Å². The molecular formula is C16H16N2O3. The van der Waals surface area contributed by atoms with Gasteiger partial charge in [0.1, 0.15) is 0 Å². The van der Waals surface area contributed by atoms with E-state index in [-0.39, 0.29) is 25.0 Å². The first-order valence-electron chi connectivity index (χ1n) is 6.57. The fourth-order valence-corrected chi connectivity index (χ4v) is 1.84. The second-order valence-corrected chi connectivity index (χ2v) is 4.35. The normalized spacial score (nSPS) is 9.95. The van der Waals surface area contributed by atoms with Gasteiger partial charge in [-0.05, 0) is 24.3 Å². The van der Waals surface area contributed by atoms with Crippen LogP contribution >= 0.6 is 0 Å². The summed E-state index contributed by atoms with van der Waals surface area (Å²) in [5.74, 6) is -0.619. The van der Waals surface area contributed by atoms with Crippen molar-refractivity contribution >= 4 is 17.5 Å². The third-order valence-electron chi connectivity index (χ3n) is 2.85. The zero-order chi connectivity index (χ0) is 15.1. The summed E-state index contributed by atoms with van der Waals surface area (Å²) in [6.07, 6.45) is 0. The molecule has 21 heavy (non-hydrogen) atoms. The Balaban J connectivity index is 2.17. The lowest BCUT2D eigenvalue weighted by atomic mass is 10.1. The Bertz CT molecular complexity index is 626. The standard InChI is InChI=1S/C16H16N2O3/c19-11-10-17-16(21)13-8-4-5-9-14(13)18-15(20)12-6-2-1-3-7-12/h1-9,19H,10-11H2,(H,17,21)(H,18,20). The Hall–Kier alpha value is -2.66. The highest BCUT2D eigenvalue weighted by atomic mass is 16.3. The molecule has 0 aliphatic heterocycles. The molecule has 0 atom stereocenters. The topological polar surface area (TPSA) is 78.4 Å². The summed E-state index contributed by atoms with van der Waals surface area (Å²) in [5.41, 5.74) is 1.31. The molecular weight excluding hydrogens is 268 g/mol. The molecule has 5 nitrogen and oxygen atoms in total. The van der Waals surface area contributed by atoms with Crippen LogP contribution in [0, 0.1) is 0 Å². The number of hydrogen-bond donors (Lipinski definition) is 3. The Kier molecular flexibility index (Phi) is 5.06. The minimum absolute atomic E-state index is 0.135. The van der Waals surface area contributed by atoms with Crippen molar-refractivity contribution in [2.45, 2.75) is 0 Å². The van der Waals surface area contributed by atoms with Crippen molar-refractivity contribution in [3.05, 3.63) is 65.7 Å². The van der Waals surface area contributed by atoms with Crippen LogP contribution in [0.2, 0.25) is 0 Å². The molecule has 2 amide bonds. The quantitative estimate of drug-likeness (QED) is 0.781. The second-order valence-electron chi connectivity index (χ2n) is 4.35. The van der Waals surface area contributed by atoms with E-state index in [0.29, 0.717) is 16.8 Å². The van der Waals surface area contributed by atoms with Gasteiger partial charge in [-0.3, -0.25) is 9.59 Å². The molecule has 0 heterocycles. The van der Waals surface area contributed by atoms with E-state index in [2.05, 4.69) is 10.6 Å². The number of amides is 2. The number of rotatable bonds is 5. The van der Waals surface area contributed by atoms with Crippen LogP contribution in [-0.2, 0) is 0 Å². The lowest BCUT2D eigenvalue weighted by Crippen LogP contribution is -2.27. The summed E-state index contributed by atoms with van der Waals surface area (Å²) < 4.78 is 0. The van der Waals surface area contributed by atoms with Gasteiger partial charge in [0.15, 0.2) is 0 Å². The molecule has 0 aliphatic rings. The van der Waals surface area contributed by atoms with E-state index in [1.807, 2.05) is 6.07 Å². The summed E-state index contributed by atoms with van der Waals surface area (Å²) in [7, 11) is 0. The van der Waals surface area contributed by atoms with Crippen LogP contribution in [0.5, 0.6) is 0 Å². The van der Waals surface area contributed by atoms with Gasteiger partial charge in [0.05, 0.1) is 17.9 Å². The predicted octanol–water partition coefficient (Wildman–Crippen LogP) is 1.66. The zero-order valence-electron chi connectivity index (χ0n) is 11.4. The van der Waals surface area contributed by atoms with Crippen LogP contribution in [0.4, 0.5) is 5.69 Å². The zero-order valence-corrected chi connectivity index (χ0v) is 11.4. The molecule has 3 N–H and O–H groups in total. The van der Waals surface area contributed by atoms with Crippen LogP contribution in [0.15, 0.2) is 54.6 Å². The summed E-state index contributed by atoms with van der Waals surface area (Å²) in [5, 5.41) is 14.0. The van der Waals surface area contributed by atoms with Gasteiger partial charge in [-0.1, -0.05) is 30.3 Å². The summed E-state index contributed by atoms with van der Waals surface area (Å²) >= 11 is 0. The van der Waals surface area contributed by atoms with Crippen molar-refractivity contribution in [2.24, 2.45) is 0 Å². The third-order valence-corrected chi connectivity index (χ3v) is 2.85. The Morgan fingerprint density at radius 1 is 0.905 bits per heavy atom. The van der Waals surface area contributed by atoms with Gasteiger partial charge in [-0.15, -0.1) is 0 Å². The van der Waals surface area contributed by atoms with Gasteiger partial charge in [0.25, 0.3) is 11.8 Å². The molecule has 0 aromatic heterocycles. The minimum atomic E-state index is -0.340. The van der Waals surface area contributed by atoms with Gasteiger partial charge in [-0.25, -0.2) is 0 Å². The maximum absolute atomic E-state index is 12.1. The van der Waals surface area contributed by atoms with Crippen molar-refractivity contribution < 1.29 is 14.7 Å². The number of carbonyl (C=O) groups excluding carboxylic acids is 2. The molecule has 0 spiro atoms. The van der Waals surface area contributed by atoms with E-state index in [9.17, 15) is 9.59 Å². The molecule has 0 fully saturated rings. The summed E-state index contributed by atoms with van der Waals surface area (Å²) in [6, 6.07) is 15.5. The van der Waals surface area contributed by atoms with Crippen molar-refractivity contribution in [1.82, 2.24) is 5.32 Å². The third kappa shape index (κ3) is 3.90. The second kappa shape index (κ2) is 7.21. The molecule has 5 heteroatoms. The van der Waals surface area contributed by atoms with Gasteiger partial charge >= 0.3 is 0 Å². The average Bonchev–Trinajstić information content (AvgIpc) is 2.54. The highest BCUT2D eigenvalue weighted by Crippen LogP contribution is 2.16. The van der Waals surface area contributed by atoms with Crippen LogP contribution in [-0.4, -0.2) is 30.1 Å². The maximum atomic E-state index is 12.1. The largest absolute Gasteiger partial charge is 0.395 e. The molecule has 2 aromatic rings. The lowest BCUT2D eigenvalue weighted by molar-refractivity contribution is 0.0945. The highest BCUT2D eigenvalue weighted by molar-refractivity contribution is 6.08. The fourth-order valence-electron chi connectivity index (χ4n) is 1.84. The van der Waals surface area contributed by atoms with E-state index < -0.39 is 0 Å². The number of nitrogens with one attached hydrogen (secondary N) is 2. The molecule has 0 aliphatic carbocycles. The Morgan fingerprint density at radius 3 is 2.29 bits per heavy atom. The maximum Gasteiger partial charge on any atom is 0.255 e. The van der Waals surface area contributed by atoms with E-state index in [4.69, 9.17) is 5.11 Å². The Morgan fingerprint density at radius 2 is 1.57 bits per heavy atom. The van der Waals surface area contributed by atoms with Crippen LogP contribution < -0.4 is 10.6 Å². The average molecular weight is 284 g/mol. The van der Waals surface area contributed by atoms with E-state index in [1.54, 1.807) is 48.5 Å². The molecule has 0 saturated carbocycles. The molecule has 108 valence electrons. The molecule has 2 rings (SSSR count). The monoisotopic (exact) mass is 284 g/mol. The molecule has 0 radical (unpaired) electrons. The fraction of sp³-hybridized carbons (Fsp3) is 0.125. The highest BCUT2D eigenvalue weighted by Gasteiger charge is 2.13. The van der Waals surface area contributed by atoms with E-state index >= 15 is 0 Å². The first-order valence-corrected chi connectivity index (χ1v) is 6.57. The van der Waals surface area contributed by atoms with Crippen molar-refractivity contribution in [3.63, 3.8) is 0 Å². The van der Waals surface area contributed by atoms with Crippen molar-refractivity contribution in [1.29, 1.82) is 0 Å². The first-order chi connectivity index (χ1) is 10.2. The van der Waals surface area contributed by atoms with Crippen LogP contribution in [0.25, 0.3) is 0 Å².